The fraction of sp³-hybridized carbons (Fsp3) is 0.276. The monoisotopic (exact) mass is 596 g/mol. The number of carbonyl (C=O) groups is 5. The third kappa shape index (κ3) is 4.62. The topological polar surface area (TPSA) is 101 Å². The maximum absolute atomic E-state index is 13.7. The van der Waals surface area contributed by atoms with Crippen molar-refractivity contribution in [2.75, 3.05) is 6.54 Å². The summed E-state index contributed by atoms with van der Waals surface area (Å²) in [6.45, 7) is -0.556. The third-order valence-electron chi connectivity index (χ3n) is 7.95. The van der Waals surface area contributed by atoms with Crippen LogP contribution in [0.4, 0.5) is 0 Å². The third-order valence-corrected chi connectivity index (χ3v) is 9.54. The first-order valence-electron chi connectivity index (χ1n) is 12.8. The van der Waals surface area contributed by atoms with Crippen LogP contribution in [0.15, 0.2) is 60.0 Å². The quantitative estimate of drug-likeness (QED) is 0.153. The van der Waals surface area contributed by atoms with E-state index in [1.165, 1.54) is 53.8 Å². The highest BCUT2D eigenvalue weighted by atomic mass is 35.5. The molecule has 8 nitrogen and oxygen atoms in total. The van der Waals surface area contributed by atoms with Gasteiger partial charge >= 0.3 is 5.97 Å². The molecule has 0 radical (unpaired) electrons. The summed E-state index contributed by atoms with van der Waals surface area (Å²) in [4.78, 5) is 66.9. The number of esters is 1. The molecule has 1 saturated heterocycles. The molecule has 2 aliphatic carbocycles. The smallest absolute Gasteiger partial charge is 0.353 e. The Balaban J connectivity index is 1.26. The van der Waals surface area contributed by atoms with Gasteiger partial charge in [-0.1, -0.05) is 29.3 Å². The van der Waals surface area contributed by atoms with Crippen molar-refractivity contribution in [1.29, 1.82) is 0 Å². The minimum atomic E-state index is -0.720. The van der Waals surface area contributed by atoms with Gasteiger partial charge in [0.2, 0.25) is 0 Å². The summed E-state index contributed by atoms with van der Waals surface area (Å²) in [5.41, 5.74) is 0.292. The number of hydrogen-bond acceptors (Lipinski definition) is 7. The van der Waals surface area contributed by atoms with Crippen molar-refractivity contribution in [3.63, 3.8) is 0 Å². The largest absolute Gasteiger partial charge is 0.422 e. The summed E-state index contributed by atoms with van der Waals surface area (Å²) in [5.74, 6) is -3.11. The average molecular weight is 597 g/mol. The van der Waals surface area contributed by atoms with Gasteiger partial charge in [-0.15, -0.1) is 11.3 Å². The van der Waals surface area contributed by atoms with Crippen LogP contribution in [0, 0.1) is 23.7 Å². The lowest BCUT2D eigenvalue weighted by atomic mass is 9.81. The van der Waals surface area contributed by atoms with Crippen LogP contribution in [0.1, 0.15) is 49.7 Å². The van der Waals surface area contributed by atoms with E-state index in [1.54, 1.807) is 17.5 Å². The second kappa shape index (κ2) is 10.5. The van der Waals surface area contributed by atoms with E-state index in [4.69, 9.17) is 27.9 Å². The molecule has 0 spiro atoms. The Kier molecular flexibility index (Phi) is 6.98. The molecule has 3 aliphatic rings. The maximum atomic E-state index is 13.7. The summed E-state index contributed by atoms with van der Waals surface area (Å²) < 4.78 is 5.34. The molecule has 3 amide bonds. The van der Waals surface area contributed by atoms with Crippen molar-refractivity contribution in [1.82, 2.24) is 10.0 Å². The Morgan fingerprint density at radius 3 is 2.15 bits per heavy atom. The van der Waals surface area contributed by atoms with E-state index >= 15 is 0 Å². The van der Waals surface area contributed by atoms with E-state index < -0.39 is 47.9 Å². The minimum Gasteiger partial charge on any atom is -0.422 e. The number of imide groups is 1. The molecule has 40 heavy (non-hydrogen) atoms. The van der Waals surface area contributed by atoms with E-state index in [2.05, 4.69) is 0 Å². The Morgan fingerprint density at radius 2 is 1.55 bits per heavy atom. The Morgan fingerprint density at radius 1 is 0.900 bits per heavy atom. The fourth-order valence-electron chi connectivity index (χ4n) is 6.13. The van der Waals surface area contributed by atoms with Crippen LogP contribution in [0.2, 0.25) is 10.0 Å². The number of nitrogens with zero attached hydrogens (tertiary/aromatic N) is 2. The summed E-state index contributed by atoms with van der Waals surface area (Å²) >= 11 is 13.4. The SMILES string of the molecule is O=C(CN(C(=O)c1ccc(Cl)c(Cl)c1)N1C(=O)[C@@H]2[C@H]3CC[C@@H](C3)[C@H]2C1=O)c1ccc(OC(=O)c2cccs2)cc1. The van der Waals surface area contributed by atoms with Gasteiger partial charge in [0.05, 0.1) is 21.9 Å². The maximum Gasteiger partial charge on any atom is 0.353 e. The van der Waals surface area contributed by atoms with Gasteiger partial charge in [0.15, 0.2) is 5.78 Å². The molecule has 0 unspecified atom stereocenters. The van der Waals surface area contributed by atoms with E-state index in [0.29, 0.717) is 4.88 Å². The molecule has 3 aromatic rings. The number of benzene rings is 2. The van der Waals surface area contributed by atoms with Crippen LogP contribution in [0.3, 0.4) is 0 Å². The summed E-state index contributed by atoms with van der Waals surface area (Å²) in [6.07, 6.45) is 2.59. The lowest BCUT2D eigenvalue weighted by Gasteiger charge is -2.31. The van der Waals surface area contributed by atoms with Crippen LogP contribution in [-0.4, -0.2) is 46.0 Å². The number of hydrazine groups is 1. The zero-order chi connectivity index (χ0) is 28.1. The molecule has 1 aromatic heterocycles. The lowest BCUT2D eigenvalue weighted by Crippen LogP contribution is -2.52. The van der Waals surface area contributed by atoms with Gasteiger partial charge in [-0.2, -0.15) is 5.01 Å². The minimum absolute atomic E-state index is 0.0821. The van der Waals surface area contributed by atoms with Crippen LogP contribution in [-0.2, 0) is 9.59 Å². The fourth-order valence-corrected chi connectivity index (χ4v) is 7.03. The molecule has 6 rings (SSSR count). The first kappa shape index (κ1) is 26.7. The molecule has 2 aromatic carbocycles. The predicted octanol–water partition coefficient (Wildman–Crippen LogP) is 5.55. The lowest BCUT2D eigenvalue weighted by molar-refractivity contribution is -0.155. The number of rotatable bonds is 7. The average Bonchev–Trinajstić information content (AvgIpc) is 3.75. The normalized spacial score (nSPS) is 22.9. The van der Waals surface area contributed by atoms with Crippen molar-refractivity contribution >= 4 is 64.0 Å². The van der Waals surface area contributed by atoms with Gasteiger partial charge in [-0.25, -0.2) is 9.80 Å². The first-order valence-corrected chi connectivity index (χ1v) is 14.4. The van der Waals surface area contributed by atoms with Gasteiger partial charge < -0.3 is 4.74 Å². The zero-order valence-corrected chi connectivity index (χ0v) is 23.2. The standard InChI is InChI=1S/C29H22Cl2N2O6S/c30-20-10-7-18(13-21(20)31)26(35)32(33-27(36)24-16-3-4-17(12-16)25(24)28(33)37)14-22(34)15-5-8-19(9-6-15)39-29(38)23-2-1-11-40-23/h1-2,5-11,13,16-17,24-25H,3-4,12,14H2/t16-,17-,24+,25+/m0/s1. The van der Waals surface area contributed by atoms with Gasteiger partial charge in [-0.05, 0) is 85.0 Å². The van der Waals surface area contributed by atoms with Crippen LogP contribution in [0.25, 0.3) is 0 Å². The number of fused-ring (bicyclic) bond motifs is 5. The van der Waals surface area contributed by atoms with Crippen molar-refractivity contribution in [2.24, 2.45) is 23.7 Å². The van der Waals surface area contributed by atoms with Crippen molar-refractivity contribution in [3.8, 4) is 5.75 Å². The van der Waals surface area contributed by atoms with E-state index in [0.717, 1.165) is 29.3 Å². The number of Topliss-reactive ketones (excluding diaryl/α,β-unsaturated/α-hetero) is 1. The van der Waals surface area contributed by atoms with Gasteiger partial charge in [-0.3, -0.25) is 19.2 Å². The molecular formula is C29H22Cl2N2O6S. The Labute approximate surface area is 243 Å². The molecule has 2 bridgehead atoms. The molecule has 0 N–H and O–H groups in total. The molecule has 3 fully saturated rings. The molecular weight excluding hydrogens is 575 g/mol. The van der Waals surface area contributed by atoms with Crippen molar-refractivity contribution in [3.05, 3.63) is 86.0 Å². The number of halogens is 2. The second-order valence-electron chi connectivity index (χ2n) is 10.2. The number of carbonyl (C=O) groups excluding carboxylic acids is 5. The van der Waals surface area contributed by atoms with Gasteiger partial charge in [0, 0.05) is 11.1 Å². The van der Waals surface area contributed by atoms with E-state index in [9.17, 15) is 24.0 Å². The number of hydrogen-bond donors (Lipinski definition) is 0. The second-order valence-corrected chi connectivity index (χ2v) is 11.9. The number of thiophene rings is 1. The van der Waals surface area contributed by atoms with Crippen LogP contribution < -0.4 is 4.74 Å². The summed E-state index contributed by atoms with van der Waals surface area (Å²) in [7, 11) is 0. The van der Waals surface area contributed by atoms with Crippen LogP contribution in [0.5, 0.6) is 5.75 Å². The first-order chi connectivity index (χ1) is 19.2. The van der Waals surface area contributed by atoms with Crippen molar-refractivity contribution in [2.45, 2.75) is 19.3 Å². The van der Waals surface area contributed by atoms with Crippen molar-refractivity contribution < 1.29 is 28.7 Å². The zero-order valence-electron chi connectivity index (χ0n) is 20.9. The van der Waals surface area contributed by atoms with E-state index in [1.807, 2.05) is 0 Å². The molecule has 204 valence electrons. The number of amides is 3. The van der Waals surface area contributed by atoms with Gasteiger partial charge in [0.1, 0.15) is 17.2 Å². The summed E-state index contributed by atoms with van der Waals surface area (Å²) in [5, 5.41) is 3.92. The molecule has 11 heteroatoms. The molecule has 2 heterocycles. The van der Waals surface area contributed by atoms with Crippen LogP contribution >= 0.6 is 34.5 Å². The Hall–Kier alpha value is -3.53. The Bertz CT molecular complexity index is 1510. The van der Waals surface area contributed by atoms with E-state index in [-0.39, 0.29) is 38.8 Å². The highest BCUT2D eigenvalue weighted by Gasteiger charge is 2.62. The summed E-state index contributed by atoms with van der Waals surface area (Å²) in [6, 6.07) is 13.5. The number of ether oxygens (including phenoxy) is 1. The molecule has 1 aliphatic heterocycles. The highest BCUT2D eigenvalue weighted by molar-refractivity contribution is 7.12. The van der Waals surface area contributed by atoms with Gasteiger partial charge in [0.25, 0.3) is 17.7 Å². The predicted molar refractivity (Wildman–Crippen MR) is 147 cm³/mol. The highest BCUT2D eigenvalue weighted by Crippen LogP contribution is 2.56. The molecule has 4 atom stereocenters. The number of ketones is 1. The molecule has 2 saturated carbocycles.